The van der Waals surface area contributed by atoms with E-state index in [1.807, 2.05) is 0 Å². The molecule has 1 rings (SSSR count). The van der Waals surface area contributed by atoms with E-state index in [4.69, 9.17) is 11.5 Å². The van der Waals surface area contributed by atoms with Gasteiger partial charge in [0, 0.05) is 5.70 Å². The molecule has 0 unspecified atom stereocenters. The summed E-state index contributed by atoms with van der Waals surface area (Å²) in [5, 5.41) is 0. The average Bonchev–Trinajstić information content (AvgIpc) is 2.09. The maximum Gasteiger partial charge on any atom is 0.0536 e. The summed E-state index contributed by atoms with van der Waals surface area (Å²) in [6.45, 7) is 4.32. The molecule has 0 aromatic carbocycles. The third kappa shape index (κ3) is 1.47. The summed E-state index contributed by atoms with van der Waals surface area (Å²) in [6, 6.07) is 0. The molecule has 0 aromatic heterocycles. The van der Waals surface area contributed by atoms with Crippen molar-refractivity contribution < 1.29 is 0 Å². The first-order valence-electron chi connectivity index (χ1n) is 4.66. The van der Waals surface area contributed by atoms with E-state index in [-0.39, 0.29) is 0 Å². The minimum absolute atomic E-state index is 0.848. The lowest BCUT2D eigenvalue weighted by atomic mass is 9.90. The lowest BCUT2D eigenvalue weighted by Crippen LogP contribution is -2.17. The van der Waals surface area contributed by atoms with Crippen molar-refractivity contribution in [1.82, 2.24) is 0 Å². The van der Waals surface area contributed by atoms with Crippen molar-refractivity contribution in [2.45, 2.75) is 39.5 Å². The van der Waals surface area contributed by atoms with E-state index in [1.54, 1.807) is 0 Å². The van der Waals surface area contributed by atoms with Gasteiger partial charge in [0.2, 0.25) is 0 Å². The quantitative estimate of drug-likeness (QED) is 0.659. The molecule has 0 atom stereocenters. The zero-order valence-corrected chi connectivity index (χ0v) is 7.98. The Morgan fingerprint density at radius 2 is 1.75 bits per heavy atom. The topological polar surface area (TPSA) is 52.0 Å². The van der Waals surface area contributed by atoms with E-state index in [0.29, 0.717) is 0 Å². The summed E-state index contributed by atoms with van der Waals surface area (Å²) in [6.07, 6.45) is 4.16. The van der Waals surface area contributed by atoms with Gasteiger partial charge in [0.05, 0.1) is 5.70 Å². The smallest absolute Gasteiger partial charge is 0.0536 e. The molecule has 68 valence electrons. The van der Waals surface area contributed by atoms with Gasteiger partial charge in [-0.3, -0.25) is 0 Å². The SMILES string of the molecule is CCC1=C(CC)C(N)=C(N)CC1. The van der Waals surface area contributed by atoms with Crippen LogP contribution in [0.5, 0.6) is 0 Å². The van der Waals surface area contributed by atoms with E-state index in [2.05, 4.69) is 13.8 Å². The van der Waals surface area contributed by atoms with E-state index >= 15 is 0 Å². The van der Waals surface area contributed by atoms with Gasteiger partial charge >= 0.3 is 0 Å². The summed E-state index contributed by atoms with van der Waals surface area (Å²) >= 11 is 0. The zero-order valence-electron chi connectivity index (χ0n) is 7.98. The summed E-state index contributed by atoms with van der Waals surface area (Å²) in [5.41, 5.74) is 16.2. The lowest BCUT2D eigenvalue weighted by molar-refractivity contribution is 0.790. The van der Waals surface area contributed by atoms with Gasteiger partial charge in [0.15, 0.2) is 0 Å². The molecule has 0 radical (unpaired) electrons. The van der Waals surface area contributed by atoms with Gasteiger partial charge in [-0.05, 0) is 31.3 Å². The lowest BCUT2D eigenvalue weighted by Gasteiger charge is -2.20. The molecule has 2 nitrogen and oxygen atoms in total. The number of hydrogen-bond acceptors (Lipinski definition) is 2. The van der Waals surface area contributed by atoms with Crippen LogP contribution in [0.4, 0.5) is 0 Å². The first kappa shape index (κ1) is 9.17. The maximum absolute atomic E-state index is 5.90. The molecule has 1 aliphatic carbocycles. The fourth-order valence-electron chi connectivity index (χ4n) is 1.79. The molecule has 0 heterocycles. The van der Waals surface area contributed by atoms with E-state index in [0.717, 1.165) is 37.1 Å². The highest BCUT2D eigenvalue weighted by molar-refractivity contribution is 5.39. The van der Waals surface area contributed by atoms with Crippen LogP contribution in [0.2, 0.25) is 0 Å². The molecule has 0 fully saturated rings. The fourth-order valence-corrected chi connectivity index (χ4v) is 1.79. The molecule has 0 bridgehead atoms. The van der Waals surface area contributed by atoms with E-state index in [9.17, 15) is 0 Å². The van der Waals surface area contributed by atoms with Crippen LogP contribution in [0.3, 0.4) is 0 Å². The van der Waals surface area contributed by atoms with Crippen LogP contribution in [-0.4, -0.2) is 0 Å². The number of nitrogens with two attached hydrogens (primary N) is 2. The van der Waals surface area contributed by atoms with Crippen molar-refractivity contribution in [2.75, 3.05) is 0 Å². The van der Waals surface area contributed by atoms with Crippen molar-refractivity contribution in [3.8, 4) is 0 Å². The first-order chi connectivity index (χ1) is 5.70. The van der Waals surface area contributed by atoms with Crippen LogP contribution in [0, 0.1) is 0 Å². The van der Waals surface area contributed by atoms with Crippen LogP contribution in [0.15, 0.2) is 22.5 Å². The molecule has 2 heteroatoms. The largest absolute Gasteiger partial charge is 0.400 e. The van der Waals surface area contributed by atoms with Gasteiger partial charge < -0.3 is 11.5 Å². The van der Waals surface area contributed by atoms with Gasteiger partial charge in [0.25, 0.3) is 0 Å². The van der Waals surface area contributed by atoms with E-state index < -0.39 is 0 Å². The molecule has 0 amide bonds. The number of hydrogen-bond donors (Lipinski definition) is 2. The van der Waals surface area contributed by atoms with Crippen molar-refractivity contribution in [3.05, 3.63) is 22.5 Å². The molecular formula is C10H18N2. The molecule has 0 aliphatic heterocycles. The van der Waals surface area contributed by atoms with Crippen LogP contribution >= 0.6 is 0 Å². The predicted molar refractivity (Wildman–Crippen MR) is 52.2 cm³/mol. The average molecular weight is 166 g/mol. The normalized spacial score (nSPS) is 18.8. The summed E-state index contributed by atoms with van der Waals surface area (Å²) in [5.74, 6) is 0. The van der Waals surface area contributed by atoms with Gasteiger partial charge in [-0.1, -0.05) is 19.4 Å². The van der Waals surface area contributed by atoms with Crippen molar-refractivity contribution >= 4 is 0 Å². The third-order valence-corrected chi connectivity index (χ3v) is 2.57. The van der Waals surface area contributed by atoms with Crippen molar-refractivity contribution in [2.24, 2.45) is 11.5 Å². The molecular weight excluding hydrogens is 148 g/mol. The Hall–Kier alpha value is -0.920. The first-order valence-corrected chi connectivity index (χ1v) is 4.66. The summed E-state index contributed by atoms with van der Waals surface area (Å²) < 4.78 is 0. The van der Waals surface area contributed by atoms with Crippen LogP contribution in [0.25, 0.3) is 0 Å². The minimum Gasteiger partial charge on any atom is -0.400 e. The van der Waals surface area contributed by atoms with Gasteiger partial charge in [-0.25, -0.2) is 0 Å². The highest BCUT2D eigenvalue weighted by atomic mass is 14.7. The Labute approximate surface area is 74.3 Å². The zero-order chi connectivity index (χ0) is 9.14. The third-order valence-electron chi connectivity index (χ3n) is 2.57. The van der Waals surface area contributed by atoms with Crippen molar-refractivity contribution in [1.29, 1.82) is 0 Å². The highest BCUT2D eigenvalue weighted by Gasteiger charge is 2.14. The monoisotopic (exact) mass is 166 g/mol. The maximum atomic E-state index is 5.90. The van der Waals surface area contributed by atoms with Gasteiger partial charge in [-0.15, -0.1) is 0 Å². The number of rotatable bonds is 2. The Morgan fingerprint density at radius 1 is 1.08 bits per heavy atom. The predicted octanol–water partition coefficient (Wildman–Crippen LogP) is 2.03. The summed E-state index contributed by atoms with van der Waals surface area (Å²) in [4.78, 5) is 0. The van der Waals surface area contributed by atoms with Crippen molar-refractivity contribution in [3.63, 3.8) is 0 Å². The van der Waals surface area contributed by atoms with Gasteiger partial charge in [0.1, 0.15) is 0 Å². The second-order valence-corrected chi connectivity index (χ2v) is 3.23. The standard InChI is InChI=1S/C10H18N2/c1-3-7-5-6-9(11)10(12)8(7)4-2/h3-6,11-12H2,1-2H3. The molecule has 1 aliphatic rings. The van der Waals surface area contributed by atoms with Crippen LogP contribution in [-0.2, 0) is 0 Å². The molecule has 0 aromatic rings. The molecule has 0 saturated heterocycles. The number of allylic oxidation sites excluding steroid dienone is 3. The second-order valence-electron chi connectivity index (χ2n) is 3.23. The Bertz CT molecular complexity index is 236. The Kier molecular flexibility index (Phi) is 2.79. The molecule has 12 heavy (non-hydrogen) atoms. The highest BCUT2D eigenvalue weighted by Crippen LogP contribution is 2.28. The minimum atomic E-state index is 0.848. The van der Waals surface area contributed by atoms with Crippen LogP contribution < -0.4 is 11.5 Å². The molecule has 0 spiro atoms. The van der Waals surface area contributed by atoms with Crippen LogP contribution in [0.1, 0.15) is 39.5 Å². The second kappa shape index (κ2) is 3.65. The van der Waals surface area contributed by atoms with E-state index in [1.165, 1.54) is 11.1 Å². The Morgan fingerprint density at radius 3 is 2.25 bits per heavy atom. The summed E-state index contributed by atoms with van der Waals surface area (Å²) in [7, 11) is 0. The Balaban J connectivity index is 3.01. The van der Waals surface area contributed by atoms with Gasteiger partial charge in [-0.2, -0.15) is 0 Å². The molecule has 0 saturated carbocycles. The molecule has 4 N–H and O–H groups in total. The fraction of sp³-hybridized carbons (Fsp3) is 0.600.